The summed E-state index contributed by atoms with van der Waals surface area (Å²) in [7, 11) is 0. The number of morpholine rings is 1. The third kappa shape index (κ3) is 3.79. The number of nitrogens with zero attached hydrogens (tertiary/aromatic N) is 3. The first-order valence-electron chi connectivity index (χ1n) is 7.95. The minimum absolute atomic E-state index is 0.326. The Balaban J connectivity index is 1.81. The highest BCUT2D eigenvalue weighted by atomic mass is 19.1. The zero-order chi connectivity index (χ0) is 16.1. The second-order valence-electron chi connectivity index (χ2n) is 5.43. The summed E-state index contributed by atoms with van der Waals surface area (Å²) >= 11 is 0. The van der Waals surface area contributed by atoms with Crippen LogP contribution in [0.4, 0.5) is 10.3 Å². The molecule has 0 unspecified atom stereocenters. The molecule has 1 aromatic heterocycles. The summed E-state index contributed by atoms with van der Waals surface area (Å²) in [5.74, 6) is 1.38. The number of benzene rings is 1. The van der Waals surface area contributed by atoms with E-state index >= 15 is 0 Å². The van der Waals surface area contributed by atoms with E-state index in [2.05, 4.69) is 27.0 Å². The number of aromatic amines is 1. The van der Waals surface area contributed by atoms with Crippen molar-refractivity contribution in [3.8, 4) is 17.1 Å². The summed E-state index contributed by atoms with van der Waals surface area (Å²) in [6.07, 6.45) is 1.94. The normalized spacial score (nSPS) is 15.0. The van der Waals surface area contributed by atoms with Crippen molar-refractivity contribution < 1.29 is 13.9 Å². The number of aromatic nitrogens is 3. The number of hydrogen-bond acceptors (Lipinski definition) is 5. The lowest BCUT2D eigenvalue weighted by Gasteiger charge is -2.25. The maximum Gasteiger partial charge on any atom is 0.245 e. The Hall–Kier alpha value is -2.15. The summed E-state index contributed by atoms with van der Waals surface area (Å²) in [6.45, 7) is 5.51. The molecule has 6 nitrogen and oxygen atoms in total. The van der Waals surface area contributed by atoms with E-state index in [1.165, 1.54) is 12.1 Å². The smallest absolute Gasteiger partial charge is 0.245 e. The molecule has 0 amide bonds. The summed E-state index contributed by atoms with van der Waals surface area (Å²) in [4.78, 5) is 6.58. The molecule has 124 valence electrons. The Morgan fingerprint density at radius 1 is 1.35 bits per heavy atom. The molecule has 2 heterocycles. The molecule has 1 fully saturated rings. The second kappa shape index (κ2) is 7.41. The van der Waals surface area contributed by atoms with Gasteiger partial charge in [-0.05, 0) is 18.6 Å². The molecule has 3 rings (SSSR count). The van der Waals surface area contributed by atoms with Crippen LogP contribution in [0.3, 0.4) is 0 Å². The number of unbranched alkanes of at least 4 members (excludes halogenated alkanes) is 1. The Bertz CT molecular complexity index is 641. The summed E-state index contributed by atoms with van der Waals surface area (Å²) in [5.41, 5.74) is 0.717. The van der Waals surface area contributed by atoms with Crippen molar-refractivity contribution in [2.45, 2.75) is 19.8 Å². The van der Waals surface area contributed by atoms with Gasteiger partial charge in [-0.3, -0.25) is 5.10 Å². The van der Waals surface area contributed by atoms with E-state index in [1.807, 2.05) is 0 Å². The van der Waals surface area contributed by atoms with Gasteiger partial charge in [-0.1, -0.05) is 13.3 Å². The van der Waals surface area contributed by atoms with E-state index in [4.69, 9.17) is 9.47 Å². The highest BCUT2D eigenvalue weighted by molar-refractivity contribution is 5.65. The van der Waals surface area contributed by atoms with Crippen LogP contribution in [0, 0.1) is 5.82 Å². The van der Waals surface area contributed by atoms with Gasteiger partial charge >= 0.3 is 0 Å². The number of rotatable bonds is 6. The molecule has 1 N–H and O–H groups in total. The predicted octanol–water partition coefficient (Wildman–Crippen LogP) is 2.63. The Labute approximate surface area is 134 Å². The number of halogens is 1. The maximum absolute atomic E-state index is 13.5. The lowest BCUT2D eigenvalue weighted by atomic mass is 10.2. The zero-order valence-corrected chi connectivity index (χ0v) is 13.2. The molecule has 0 bridgehead atoms. The van der Waals surface area contributed by atoms with Crippen molar-refractivity contribution in [2.24, 2.45) is 0 Å². The molecule has 7 heteroatoms. The van der Waals surface area contributed by atoms with E-state index in [1.54, 1.807) is 6.07 Å². The molecule has 1 aliphatic rings. The van der Waals surface area contributed by atoms with E-state index in [-0.39, 0.29) is 5.82 Å². The summed E-state index contributed by atoms with van der Waals surface area (Å²) in [5, 5.41) is 7.18. The molecule has 1 saturated heterocycles. The molecule has 23 heavy (non-hydrogen) atoms. The van der Waals surface area contributed by atoms with Crippen molar-refractivity contribution in [3.63, 3.8) is 0 Å². The number of nitrogens with one attached hydrogen (secondary N) is 1. The first kappa shape index (κ1) is 15.7. The van der Waals surface area contributed by atoms with Crippen LogP contribution in [-0.4, -0.2) is 48.1 Å². The molecule has 1 aromatic carbocycles. The quantitative estimate of drug-likeness (QED) is 0.829. The molecule has 0 radical (unpaired) electrons. The first-order chi connectivity index (χ1) is 11.3. The monoisotopic (exact) mass is 320 g/mol. The Morgan fingerprint density at radius 2 is 2.17 bits per heavy atom. The standard InChI is InChI=1S/C16H21FN4O2/c1-2-3-8-23-14-11-12(17)4-5-13(14)15-18-16(20-19-15)21-6-9-22-10-7-21/h4-5,11H,2-3,6-10H2,1H3,(H,18,19,20). The van der Waals surface area contributed by atoms with E-state index in [0.29, 0.717) is 37.3 Å². The number of anilines is 1. The Morgan fingerprint density at radius 3 is 2.96 bits per heavy atom. The molecular formula is C16H21FN4O2. The predicted molar refractivity (Wildman–Crippen MR) is 85.2 cm³/mol. The molecule has 2 aromatic rings. The van der Waals surface area contributed by atoms with Gasteiger partial charge in [0.2, 0.25) is 5.95 Å². The van der Waals surface area contributed by atoms with Crippen LogP contribution in [0.25, 0.3) is 11.4 Å². The van der Waals surface area contributed by atoms with Gasteiger partial charge in [-0.15, -0.1) is 5.10 Å². The molecule has 1 aliphatic heterocycles. The average molecular weight is 320 g/mol. The largest absolute Gasteiger partial charge is 0.493 e. The van der Waals surface area contributed by atoms with Gasteiger partial charge < -0.3 is 14.4 Å². The Kier molecular flexibility index (Phi) is 5.07. The first-order valence-corrected chi connectivity index (χ1v) is 7.95. The number of H-pyrrole nitrogens is 1. The van der Waals surface area contributed by atoms with Crippen LogP contribution in [-0.2, 0) is 4.74 Å². The molecule has 0 aliphatic carbocycles. The zero-order valence-electron chi connectivity index (χ0n) is 13.2. The van der Waals surface area contributed by atoms with Gasteiger partial charge in [-0.2, -0.15) is 4.98 Å². The van der Waals surface area contributed by atoms with Crippen molar-refractivity contribution >= 4 is 5.95 Å². The molecule has 0 saturated carbocycles. The minimum Gasteiger partial charge on any atom is -0.493 e. The van der Waals surface area contributed by atoms with E-state index in [9.17, 15) is 4.39 Å². The fourth-order valence-corrected chi connectivity index (χ4v) is 2.42. The van der Waals surface area contributed by atoms with Crippen LogP contribution in [0.15, 0.2) is 18.2 Å². The van der Waals surface area contributed by atoms with Gasteiger partial charge in [0.05, 0.1) is 25.4 Å². The van der Waals surface area contributed by atoms with Crippen molar-refractivity contribution in [2.75, 3.05) is 37.8 Å². The highest BCUT2D eigenvalue weighted by Gasteiger charge is 2.18. The SMILES string of the molecule is CCCCOc1cc(F)ccc1-c1nc(N2CCOCC2)n[nH]1. The van der Waals surface area contributed by atoms with Gasteiger partial charge in [-0.25, -0.2) is 4.39 Å². The van der Waals surface area contributed by atoms with Crippen LogP contribution < -0.4 is 9.64 Å². The molecule has 0 atom stereocenters. The lowest BCUT2D eigenvalue weighted by Crippen LogP contribution is -2.36. The van der Waals surface area contributed by atoms with Crippen molar-refractivity contribution in [1.29, 1.82) is 0 Å². The van der Waals surface area contributed by atoms with Gasteiger partial charge in [0.1, 0.15) is 11.6 Å². The van der Waals surface area contributed by atoms with Crippen LogP contribution in [0.2, 0.25) is 0 Å². The minimum atomic E-state index is -0.326. The highest BCUT2D eigenvalue weighted by Crippen LogP contribution is 2.29. The lowest BCUT2D eigenvalue weighted by molar-refractivity contribution is 0.122. The molecular weight excluding hydrogens is 299 g/mol. The van der Waals surface area contributed by atoms with Crippen LogP contribution in [0.1, 0.15) is 19.8 Å². The fourth-order valence-electron chi connectivity index (χ4n) is 2.42. The van der Waals surface area contributed by atoms with E-state index < -0.39 is 0 Å². The third-order valence-electron chi connectivity index (χ3n) is 3.72. The average Bonchev–Trinajstić information content (AvgIpc) is 3.06. The summed E-state index contributed by atoms with van der Waals surface area (Å²) in [6, 6.07) is 4.46. The van der Waals surface area contributed by atoms with Crippen molar-refractivity contribution in [1.82, 2.24) is 15.2 Å². The van der Waals surface area contributed by atoms with Gasteiger partial charge in [0.25, 0.3) is 0 Å². The van der Waals surface area contributed by atoms with Crippen LogP contribution in [0.5, 0.6) is 5.75 Å². The number of hydrogen-bond donors (Lipinski definition) is 1. The maximum atomic E-state index is 13.5. The summed E-state index contributed by atoms with van der Waals surface area (Å²) < 4.78 is 24.6. The van der Waals surface area contributed by atoms with Gasteiger partial charge in [0, 0.05) is 19.2 Å². The molecule has 0 spiro atoms. The topological polar surface area (TPSA) is 63.3 Å². The van der Waals surface area contributed by atoms with Crippen LogP contribution >= 0.6 is 0 Å². The van der Waals surface area contributed by atoms with Crippen molar-refractivity contribution in [3.05, 3.63) is 24.0 Å². The van der Waals surface area contributed by atoms with Gasteiger partial charge in [0.15, 0.2) is 5.82 Å². The second-order valence-corrected chi connectivity index (χ2v) is 5.43. The number of ether oxygens (including phenoxy) is 2. The third-order valence-corrected chi connectivity index (χ3v) is 3.72. The fraction of sp³-hybridized carbons (Fsp3) is 0.500. The van der Waals surface area contributed by atoms with E-state index in [0.717, 1.165) is 31.5 Å².